The zero-order chi connectivity index (χ0) is 19.9. The summed E-state index contributed by atoms with van der Waals surface area (Å²) < 4.78 is 5.58. The Labute approximate surface area is 165 Å². The van der Waals surface area contributed by atoms with Crippen LogP contribution in [-0.2, 0) is 12.8 Å². The van der Waals surface area contributed by atoms with E-state index in [2.05, 4.69) is 23.1 Å². The fourth-order valence-electron chi connectivity index (χ4n) is 3.85. The Morgan fingerprint density at radius 1 is 1.04 bits per heavy atom. The molecule has 0 aliphatic carbocycles. The SMILES string of the molecule is Cc1cc(=O)cc(C=Cc2cc3c4c(c2)CCCN4CCC3)o1.N#CCC#N. The molecule has 2 aliphatic heterocycles. The van der Waals surface area contributed by atoms with Crippen molar-refractivity contribution in [2.75, 3.05) is 18.0 Å². The molecule has 1 aromatic carbocycles. The van der Waals surface area contributed by atoms with E-state index in [1.54, 1.807) is 19.1 Å². The summed E-state index contributed by atoms with van der Waals surface area (Å²) in [5.74, 6) is 1.26. The van der Waals surface area contributed by atoms with Gasteiger partial charge in [-0.15, -0.1) is 0 Å². The molecule has 4 rings (SSSR count). The monoisotopic (exact) mass is 373 g/mol. The van der Waals surface area contributed by atoms with E-state index in [4.69, 9.17) is 14.9 Å². The first-order valence-corrected chi connectivity index (χ1v) is 9.55. The number of benzene rings is 1. The fraction of sp³-hybridized carbons (Fsp3) is 0.348. The summed E-state index contributed by atoms with van der Waals surface area (Å²) in [6, 6.07) is 10.9. The van der Waals surface area contributed by atoms with E-state index >= 15 is 0 Å². The number of anilines is 1. The maximum absolute atomic E-state index is 11.6. The molecular weight excluding hydrogens is 350 g/mol. The second kappa shape index (κ2) is 9.06. The van der Waals surface area contributed by atoms with Gasteiger partial charge >= 0.3 is 0 Å². The van der Waals surface area contributed by atoms with Gasteiger partial charge in [-0.3, -0.25) is 4.79 Å². The lowest BCUT2D eigenvalue weighted by Crippen LogP contribution is -2.34. The lowest BCUT2D eigenvalue weighted by atomic mass is 9.90. The largest absolute Gasteiger partial charge is 0.462 e. The Balaban J connectivity index is 0.000000403. The van der Waals surface area contributed by atoms with E-state index in [-0.39, 0.29) is 11.8 Å². The maximum atomic E-state index is 11.6. The van der Waals surface area contributed by atoms with Crippen molar-refractivity contribution in [2.24, 2.45) is 0 Å². The second-order valence-electron chi connectivity index (χ2n) is 7.01. The highest BCUT2D eigenvalue weighted by Gasteiger charge is 2.23. The summed E-state index contributed by atoms with van der Waals surface area (Å²) >= 11 is 0. The molecule has 0 unspecified atom stereocenters. The van der Waals surface area contributed by atoms with Crippen LogP contribution in [0.25, 0.3) is 12.2 Å². The van der Waals surface area contributed by atoms with Gasteiger partial charge in [-0.25, -0.2) is 0 Å². The smallest absolute Gasteiger partial charge is 0.185 e. The van der Waals surface area contributed by atoms with Gasteiger partial charge in [0.2, 0.25) is 0 Å². The molecule has 0 bridgehead atoms. The van der Waals surface area contributed by atoms with Crippen LogP contribution in [0.2, 0.25) is 0 Å². The standard InChI is InChI=1S/C20H21NO2.C3H2N2/c1-14-10-18(22)13-19(23-14)7-6-15-11-16-4-2-8-21-9-3-5-17(12-15)20(16)21;4-2-1-3-5/h6-7,10-13H,2-5,8-9H2,1H3;1H2. The van der Waals surface area contributed by atoms with Crippen LogP contribution < -0.4 is 10.3 Å². The third-order valence-corrected chi connectivity index (χ3v) is 4.86. The highest BCUT2D eigenvalue weighted by molar-refractivity contribution is 5.73. The van der Waals surface area contributed by atoms with Gasteiger partial charge in [0.05, 0.1) is 12.1 Å². The van der Waals surface area contributed by atoms with Crippen molar-refractivity contribution < 1.29 is 4.42 Å². The zero-order valence-electron chi connectivity index (χ0n) is 16.1. The molecule has 0 radical (unpaired) electrons. The van der Waals surface area contributed by atoms with E-state index in [0.29, 0.717) is 11.5 Å². The van der Waals surface area contributed by atoms with E-state index in [1.807, 2.05) is 6.08 Å². The normalized spacial score (nSPS) is 14.5. The molecule has 2 aliphatic rings. The molecular formula is C23H23N3O2. The summed E-state index contributed by atoms with van der Waals surface area (Å²) in [6.07, 6.45) is 8.77. The molecule has 0 atom stereocenters. The Morgan fingerprint density at radius 3 is 2.21 bits per heavy atom. The van der Waals surface area contributed by atoms with Gasteiger partial charge in [0.1, 0.15) is 17.9 Å². The minimum atomic E-state index is -0.00965. The van der Waals surface area contributed by atoms with Gasteiger partial charge in [-0.1, -0.05) is 6.08 Å². The van der Waals surface area contributed by atoms with Gasteiger partial charge in [0.25, 0.3) is 0 Å². The first kappa shape index (κ1) is 19.5. The molecule has 28 heavy (non-hydrogen) atoms. The predicted octanol–water partition coefficient (Wildman–Crippen LogP) is 4.24. The summed E-state index contributed by atoms with van der Waals surface area (Å²) in [4.78, 5) is 14.1. The molecule has 0 saturated carbocycles. The molecule has 0 spiro atoms. The predicted molar refractivity (Wildman–Crippen MR) is 110 cm³/mol. The maximum Gasteiger partial charge on any atom is 0.185 e. The summed E-state index contributed by atoms with van der Waals surface area (Å²) in [5.41, 5.74) is 5.62. The molecule has 0 fully saturated rings. The average Bonchev–Trinajstić information content (AvgIpc) is 2.67. The van der Waals surface area contributed by atoms with E-state index in [0.717, 1.165) is 0 Å². The van der Waals surface area contributed by atoms with Gasteiger partial charge in [0.15, 0.2) is 5.43 Å². The van der Waals surface area contributed by atoms with Crippen LogP contribution in [0, 0.1) is 29.6 Å². The van der Waals surface area contributed by atoms with Crippen molar-refractivity contribution in [3.63, 3.8) is 0 Å². The third-order valence-electron chi connectivity index (χ3n) is 4.86. The Morgan fingerprint density at radius 2 is 1.68 bits per heavy atom. The Hall–Kier alpha value is -3.31. The highest BCUT2D eigenvalue weighted by Crippen LogP contribution is 2.36. The Kier molecular flexibility index (Phi) is 6.29. The van der Waals surface area contributed by atoms with E-state index in [1.165, 1.54) is 73.3 Å². The van der Waals surface area contributed by atoms with Crippen molar-refractivity contribution in [2.45, 2.75) is 39.0 Å². The number of hydrogen-bond acceptors (Lipinski definition) is 5. The van der Waals surface area contributed by atoms with Crippen molar-refractivity contribution in [3.05, 3.63) is 62.7 Å². The topological polar surface area (TPSA) is 81.0 Å². The van der Waals surface area contributed by atoms with Crippen LogP contribution in [0.4, 0.5) is 5.69 Å². The van der Waals surface area contributed by atoms with Gasteiger partial charge in [0, 0.05) is 30.9 Å². The Bertz CT molecular complexity index is 978. The van der Waals surface area contributed by atoms with Crippen molar-refractivity contribution in [1.29, 1.82) is 10.5 Å². The highest BCUT2D eigenvalue weighted by atomic mass is 16.3. The third kappa shape index (κ3) is 4.69. The van der Waals surface area contributed by atoms with Crippen LogP contribution in [0.1, 0.15) is 47.5 Å². The summed E-state index contributed by atoms with van der Waals surface area (Å²) in [6.45, 7) is 4.20. The lowest BCUT2D eigenvalue weighted by molar-refractivity contribution is 0.505. The van der Waals surface area contributed by atoms with Crippen LogP contribution in [0.3, 0.4) is 0 Å². The first-order chi connectivity index (χ1) is 13.6. The summed E-state index contributed by atoms with van der Waals surface area (Å²) in [5, 5.41) is 15.2. The average molecular weight is 373 g/mol. The van der Waals surface area contributed by atoms with Crippen LogP contribution >= 0.6 is 0 Å². The van der Waals surface area contributed by atoms with E-state index in [9.17, 15) is 4.79 Å². The van der Waals surface area contributed by atoms with Crippen LogP contribution in [0.15, 0.2) is 33.5 Å². The summed E-state index contributed by atoms with van der Waals surface area (Å²) in [7, 11) is 0. The van der Waals surface area contributed by atoms with Gasteiger partial charge in [-0.05, 0) is 67.5 Å². The number of rotatable bonds is 2. The number of hydrogen-bond donors (Lipinski definition) is 0. The molecule has 0 amide bonds. The van der Waals surface area contributed by atoms with Gasteiger partial charge in [-0.2, -0.15) is 10.5 Å². The molecule has 1 aromatic heterocycles. The second-order valence-corrected chi connectivity index (χ2v) is 7.01. The van der Waals surface area contributed by atoms with Crippen molar-refractivity contribution >= 4 is 17.8 Å². The first-order valence-electron chi connectivity index (χ1n) is 9.55. The van der Waals surface area contributed by atoms with E-state index < -0.39 is 0 Å². The molecule has 5 heteroatoms. The quantitative estimate of drug-likeness (QED) is 0.786. The number of aryl methyl sites for hydroxylation is 3. The molecule has 3 heterocycles. The molecule has 0 saturated heterocycles. The van der Waals surface area contributed by atoms with Crippen molar-refractivity contribution in [3.8, 4) is 12.1 Å². The molecule has 142 valence electrons. The molecule has 5 nitrogen and oxygen atoms in total. The molecule has 2 aromatic rings. The fourth-order valence-corrected chi connectivity index (χ4v) is 3.85. The molecule has 0 N–H and O–H groups in total. The lowest BCUT2D eigenvalue weighted by Gasteiger charge is -2.37. The number of nitrogens with zero attached hydrogens (tertiary/aromatic N) is 3. The minimum Gasteiger partial charge on any atom is -0.462 e. The zero-order valence-corrected chi connectivity index (χ0v) is 16.1. The minimum absolute atomic E-state index is 0. The van der Waals surface area contributed by atoms with Crippen molar-refractivity contribution in [1.82, 2.24) is 0 Å². The van der Waals surface area contributed by atoms with Crippen LogP contribution in [-0.4, -0.2) is 13.1 Å². The number of nitriles is 2. The van der Waals surface area contributed by atoms with Gasteiger partial charge < -0.3 is 9.32 Å². The van der Waals surface area contributed by atoms with Crippen LogP contribution in [0.5, 0.6) is 0 Å².